The first-order chi connectivity index (χ1) is 19.1. The lowest BCUT2D eigenvalue weighted by atomic mass is 9.96. The van der Waals surface area contributed by atoms with Crippen LogP contribution in [-0.2, 0) is 18.5 Å². The molecule has 1 aliphatic carbocycles. The second kappa shape index (κ2) is 11.4. The first-order valence-electron chi connectivity index (χ1n) is 13.9. The van der Waals surface area contributed by atoms with E-state index < -0.39 is 8.07 Å². The van der Waals surface area contributed by atoms with Crippen LogP contribution in [-0.4, -0.2) is 58.1 Å². The van der Waals surface area contributed by atoms with Crippen LogP contribution in [0.25, 0.3) is 22.2 Å². The molecule has 0 aliphatic heterocycles. The Balaban J connectivity index is 1.59. The lowest BCUT2D eigenvalue weighted by molar-refractivity contribution is 0.0898. The maximum Gasteiger partial charge on any atom is 0.251 e. The summed E-state index contributed by atoms with van der Waals surface area (Å²) in [6.45, 7) is 10.0. The molecule has 1 aliphatic rings. The van der Waals surface area contributed by atoms with Crippen molar-refractivity contribution in [3.8, 4) is 17.0 Å². The van der Waals surface area contributed by atoms with Crippen molar-refractivity contribution in [3.05, 3.63) is 47.9 Å². The van der Waals surface area contributed by atoms with E-state index in [1.807, 2.05) is 49.0 Å². The first kappa shape index (κ1) is 27.8. The number of carbonyl (C=O) groups is 1. The Bertz CT molecular complexity index is 1500. The Morgan fingerprint density at radius 3 is 2.48 bits per heavy atom. The summed E-state index contributed by atoms with van der Waals surface area (Å²) in [6.07, 6.45) is 7.26. The molecular formula is C29H39N7O3Si. The number of rotatable bonds is 11. The summed E-state index contributed by atoms with van der Waals surface area (Å²) < 4.78 is 16.4. The number of amides is 1. The molecule has 0 unspecified atom stereocenters. The van der Waals surface area contributed by atoms with Gasteiger partial charge >= 0.3 is 0 Å². The van der Waals surface area contributed by atoms with Crippen LogP contribution in [0.5, 0.6) is 5.88 Å². The van der Waals surface area contributed by atoms with Crippen LogP contribution in [0, 0.1) is 6.92 Å². The van der Waals surface area contributed by atoms with Crippen LogP contribution in [0.4, 0.5) is 11.6 Å². The average molecular weight is 562 g/mol. The summed E-state index contributed by atoms with van der Waals surface area (Å²) in [4.78, 5) is 22.0. The molecule has 0 spiro atoms. The molecule has 3 aromatic heterocycles. The van der Waals surface area contributed by atoms with Crippen molar-refractivity contribution in [2.45, 2.75) is 64.7 Å². The van der Waals surface area contributed by atoms with Gasteiger partial charge in [-0.1, -0.05) is 31.8 Å². The van der Waals surface area contributed by atoms with Gasteiger partial charge in [0.15, 0.2) is 5.65 Å². The number of hydrogen-bond acceptors (Lipinski definition) is 7. The third-order valence-electron chi connectivity index (χ3n) is 7.19. The van der Waals surface area contributed by atoms with E-state index in [0.717, 1.165) is 58.8 Å². The third-order valence-corrected chi connectivity index (χ3v) is 8.89. The summed E-state index contributed by atoms with van der Waals surface area (Å²) in [6, 6.07) is 8.65. The highest BCUT2D eigenvalue weighted by Crippen LogP contribution is 2.38. The molecule has 10 nitrogen and oxygen atoms in total. The van der Waals surface area contributed by atoms with E-state index in [-0.39, 0.29) is 12.0 Å². The van der Waals surface area contributed by atoms with Crippen LogP contribution in [0.2, 0.25) is 25.7 Å². The van der Waals surface area contributed by atoms with Crippen molar-refractivity contribution in [2.24, 2.45) is 7.05 Å². The fourth-order valence-electron chi connectivity index (χ4n) is 4.59. The zero-order valence-electron chi connectivity index (χ0n) is 24.2. The fourth-order valence-corrected chi connectivity index (χ4v) is 5.35. The van der Waals surface area contributed by atoms with Gasteiger partial charge in [0.2, 0.25) is 11.8 Å². The number of ether oxygens (including phenoxy) is 2. The SMILES string of the molecule is CNC(=O)c1ccc(-c2cn(COCC[Si](C)(C)C)c3nc(Nc4cn(C)nc4C)nc(OC4CCC4)c23)cc1. The van der Waals surface area contributed by atoms with E-state index in [2.05, 4.69) is 41.6 Å². The molecule has 212 valence electrons. The number of anilines is 2. The number of hydrogen-bond donors (Lipinski definition) is 2. The van der Waals surface area contributed by atoms with Crippen molar-refractivity contribution >= 4 is 36.7 Å². The molecule has 2 N–H and O–H groups in total. The molecule has 1 amide bonds. The highest BCUT2D eigenvalue weighted by Gasteiger charge is 2.25. The molecule has 40 heavy (non-hydrogen) atoms. The second-order valence-electron chi connectivity index (χ2n) is 11.7. The highest BCUT2D eigenvalue weighted by atomic mass is 28.3. The quantitative estimate of drug-likeness (QED) is 0.184. The fraction of sp³-hybridized carbons (Fsp3) is 0.448. The molecule has 0 atom stereocenters. The van der Waals surface area contributed by atoms with Gasteiger partial charge in [0, 0.05) is 52.3 Å². The zero-order valence-corrected chi connectivity index (χ0v) is 25.2. The predicted octanol–water partition coefficient (Wildman–Crippen LogP) is 5.49. The van der Waals surface area contributed by atoms with Gasteiger partial charge in [0.25, 0.3) is 5.91 Å². The molecule has 1 fully saturated rings. The van der Waals surface area contributed by atoms with Gasteiger partial charge < -0.3 is 24.7 Å². The molecule has 1 saturated carbocycles. The van der Waals surface area contributed by atoms with E-state index in [0.29, 0.717) is 30.7 Å². The smallest absolute Gasteiger partial charge is 0.251 e. The van der Waals surface area contributed by atoms with Gasteiger partial charge in [-0.15, -0.1) is 0 Å². The summed E-state index contributed by atoms with van der Waals surface area (Å²) in [7, 11) is 2.29. The number of fused-ring (bicyclic) bond motifs is 1. The van der Waals surface area contributed by atoms with Crippen molar-refractivity contribution in [1.29, 1.82) is 0 Å². The van der Waals surface area contributed by atoms with Crippen LogP contribution in [0.1, 0.15) is 35.3 Å². The Labute approximate surface area is 236 Å². The predicted molar refractivity (Wildman–Crippen MR) is 160 cm³/mol. The summed E-state index contributed by atoms with van der Waals surface area (Å²) in [5.74, 6) is 0.870. The molecule has 0 bridgehead atoms. The molecule has 0 saturated heterocycles. The zero-order chi connectivity index (χ0) is 28.4. The van der Waals surface area contributed by atoms with Crippen molar-refractivity contribution in [1.82, 2.24) is 29.6 Å². The Morgan fingerprint density at radius 2 is 1.88 bits per heavy atom. The monoisotopic (exact) mass is 561 g/mol. The molecule has 5 rings (SSSR count). The number of aryl methyl sites for hydroxylation is 2. The van der Waals surface area contributed by atoms with Crippen LogP contribution >= 0.6 is 0 Å². The van der Waals surface area contributed by atoms with Crippen molar-refractivity contribution in [2.75, 3.05) is 19.0 Å². The molecule has 11 heteroatoms. The molecule has 0 radical (unpaired) electrons. The largest absolute Gasteiger partial charge is 0.474 e. The lowest BCUT2D eigenvalue weighted by Crippen LogP contribution is -2.25. The standard InChI is InChI=1S/C29H39N7O3Si/c1-19-24(17-35(3)34-19)31-29-32-26-25(28(33-29)39-22-8-7-9-22)23(16-36(26)18-38-14-15-40(4,5)6)20-10-12-21(13-11-20)27(37)30-2/h10-13,16-17,22H,7-9,14-15,18H2,1-6H3,(H,30,37)(H,31,32,33). The molecule has 1 aromatic carbocycles. The van der Waals surface area contributed by atoms with Gasteiger partial charge in [-0.25, -0.2) is 0 Å². The van der Waals surface area contributed by atoms with Gasteiger partial charge in [0.05, 0.1) is 16.8 Å². The van der Waals surface area contributed by atoms with E-state index in [9.17, 15) is 4.79 Å². The van der Waals surface area contributed by atoms with E-state index in [1.54, 1.807) is 11.7 Å². The van der Waals surface area contributed by atoms with Gasteiger partial charge in [-0.3, -0.25) is 9.48 Å². The van der Waals surface area contributed by atoms with E-state index in [1.165, 1.54) is 0 Å². The summed E-state index contributed by atoms with van der Waals surface area (Å²) in [5.41, 5.74) is 4.91. The Kier molecular flexibility index (Phi) is 7.95. The molecular weight excluding hydrogens is 522 g/mol. The third kappa shape index (κ3) is 6.20. The lowest BCUT2D eigenvalue weighted by Gasteiger charge is -2.26. The van der Waals surface area contributed by atoms with E-state index in [4.69, 9.17) is 19.4 Å². The first-order valence-corrected chi connectivity index (χ1v) is 17.6. The number of benzene rings is 1. The van der Waals surface area contributed by atoms with Crippen molar-refractivity contribution in [3.63, 3.8) is 0 Å². The minimum absolute atomic E-state index is 0.122. The maximum atomic E-state index is 12.1. The molecule has 3 heterocycles. The minimum Gasteiger partial charge on any atom is -0.474 e. The topological polar surface area (TPSA) is 108 Å². The Hall–Kier alpha value is -3.70. The van der Waals surface area contributed by atoms with Gasteiger partial charge in [-0.2, -0.15) is 15.1 Å². The number of nitrogens with zero attached hydrogens (tertiary/aromatic N) is 5. The maximum absolute atomic E-state index is 12.1. The minimum atomic E-state index is -1.23. The number of aromatic nitrogens is 5. The summed E-state index contributed by atoms with van der Waals surface area (Å²) >= 11 is 0. The Morgan fingerprint density at radius 1 is 1.12 bits per heavy atom. The second-order valence-corrected chi connectivity index (χ2v) is 17.3. The normalized spacial score (nSPS) is 13.8. The van der Waals surface area contributed by atoms with Crippen LogP contribution in [0.15, 0.2) is 36.7 Å². The number of carbonyl (C=O) groups excluding carboxylic acids is 1. The number of nitrogens with one attached hydrogen (secondary N) is 2. The van der Waals surface area contributed by atoms with Crippen LogP contribution < -0.4 is 15.4 Å². The average Bonchev–Trinajstić information content (AvgIpc) is 3.41. The molecule has 4 aromatic rings. The van der Waals surface area contributed by atoms with Crippen LogP contribution in [0.3, 0.4) is 0 Å². The highest BCUT2D eigenvalue weighted by molar-refractivity contribution is 6.76. The van der Waals surface area contributed by atoms with Gasteiger partial charge in [-0.05, 0) is 49.9 Å². The van der Waals surface area contributed by atoms with Gasteiger partial charge in [0.1, 0.15) is 12.8 Å². The van der Waals surface area contributed by atoms with E-state index >= 15 is 0 Å². The summed E-state index contributed by atoms with van der Waals surface area (Å²) in [5, 5.41) is 11.3. The van der Waals surface area contributed by atoms with Crippen molar-refractivity contribution < 1.29 is 14.3 Å².